The van der Waals surface area contributed by atoms with E-state index in [0.717, 1.165) is 12.8 Å². The summed E-state index contributed by atoms with van der Waals surface area (Å²) in [6.07, 6.45) is 11.3. The zero-order valence-electron chi connectivity index (χ0n) is 11.1. The summed E-state index contributed by atoms with van der Waals surface area (Å²) in [5.41, 5.74) is 5.32. The molecule has 0 bridgehead atoms. The molecule has 2 heteroatoms. The van der Waals surface area contributed by atoms with E-state index in [0.29, 0.717) is 12.0 Å². The Morgan fingerprint density at radius 2 is 2.39 bits per heavy atom. The van der Waals surface area contributed by atoms with Crippen molar-refractivity contribution in [2.75, 3.05) is 0 Å². The summed E-state index contributed by atoms with van der Waals surface area (Å²) in [7, 11) is 0. The number of dihydropyridines is 1. The minimum atomic E-state index is 0.243. The molecule has 3 aliphatic rings. The molecule has 0 saturated carbocycles. The number of allylic oxidation sites excluding steroid dienone is 4. The Morgan fingerprint density at radius 3 is 3.17 bits per heavy atom. The minimum absolute atomic E-state index is 0.243. The fraction of sp³-hybridized carbons (Fsp3) is 0.438. The lowest BCUT2D eigenvalue weighted by molar-refractivity contribution is 0.527. The normalized spacial score (nSPS) is 33.2. The molecule has 0 radical (unpaired) electrons. The highest BCUT2D eigenvalue weighted by Gasteiger charge is 2.38. The highest BCUT2D eigenvalue weighted by Crippen LogP contribution is 2.37. The van der Waals surface area contributed by atoms with Gasteiger partial charge in [-0.1, -0.05) is 31.7 Å². The number of rotatable bonds is 2. The molecule has 3 unspecified atom stereocenters. The van der Waals surface area contributed by atoms with Crippen LogP contribution in [0.2, 0.25) is 0 Å². The van der Waals surface area contributed by atoms with E-state index in [9.17, 15) is 0 Å². The molecule has 2 aliphatic heterocycles. The average Bonchev–Trinajstić information content (AvgIpc) is 2.75. The van der Waals surface area contributed by atoms with Crippen LogP contribution in [0.5, 0.6) is 0 Å². The highest BCUT2D eigenvalue weighted by molar-refractivity contribution is 5.79. The minimum Gasteiger partial charge on any atom is -0.288 e. The molecule has 1 aliphatic carbocycles. The largest absolute Gasteiger partial charge is 0.288 e. The molecule has 1 N–H and O–H groups in total. The third kappa shape index (κ3) is 1.81. The van der Waals surface area contributed by atoms with Crippen molar-refractivity contribution < 1.29 is 0 Å². The van der Waals surface area contributed by atoms with E-state index in [2.05, 4.69) is 49.0 Å². The second kappa shape index (κ2) is 4.36. The summed E-state index contributed by atoms with van der Waals surface area (Å²) in [5.74, 6) is 0.438. The van der Waals surface area contributed by atoms with Crippen LogP contribution in [0.3, 0.4) is 0 Å². The molecule has 3 atom stereocenters. The van der Waals surface area contributed by atoms with Crippen molar-refractivity contribution in [3.05, 3.63) is 47.1 Å². The van der Waals surface area contributed by atoms with E-state index in [1.54, 1.807) is 0 Å². The van der Waals surface area contributed by atoms with Crippen LogP contribution in [-0.2, 0) is 0 Å². The summed E-state index contributed by atoms with van der Waals surface area (Å²) < 4.78 is 0. The number of nitrogens with zero attached hydrogens (tertiary/aromatic N) is 1. The van der Waals surface area contributed by atoms with Crippen LogP contribution in [0.15, 0.2) is 52.1 Å². The molecule has 0 aromatic rings. The molecule has 0 aromatic carbocycles. The van der Waals surface area contributed by atoms with Crippen LogP contribution in [0.1, 0.15) is 26.7 Å². The molecular formula is C16H20N2. The fourth-order valence-corrected chi connectivity index (χ4v) is 3.00. The Hall–Kier alpha value is -1.41. The Kier molecular flexibility index (Phi) is 2.83. The zero-order chi connectivity index (χ0) is 12.7. The van der Waals surface area contributed by atoms with Gasteiger partial charge in [-0.2, -0.15) is 0 Å². The van der Waals surface area contributed by atoms with Gasteiger partial charge in [0.2, 0.25) is 0 Å². The van der Waals surface area contributed by atoms with Gasteiger partial charge in [0.25, 0.3) is 0 Å². The Morgan fingerprint density at radius 1 is 1.56 bits per heavy atom. The topological polar surface area (TPSA) is 24.4 Å². The van der Waals surface area contributed by atoms with Crippen LogP contribution in [0, 0.1) is 5.92 Å². The lowest BCUT2D eigenvalue weighted by Crippen LogP contribution is -2.30. The maximum absolute atomic E-state index is 4.60. The van der Waals surface area contributed by atoms with Crippen molar-refractivity contribution in [2.45, 2.75) is 38.9 Å². The van der Waals surface area contributed by atoms with Gasteiger partial charge in [-0.15, -0.1) is 0 Å². The fourth-order valence-electron chi connectivity index (χ4n) is 3.00. The van der Waals surface area contributed by atoms with Gasteiger partial charge in [-0.3, -0.25) is 10.3 Å². The summed E-state index contributed by atoms with van der Waals surface area (Å²) in [6.45, 7) is 8.44. The molecule has 18 heavy (non-hydrogen) atoms. The van der Waals surface area contributed by atoms with E-state index in [1.165, 1.54) is 22.3 Å². The first-order chi connectivity index (χ1) is 8.69. The van der Waals surface area contributed by atoms with E-state index in [-0.39, 0.29) is 6.17 Å². The van der Waals surface area contributed by atoms with E-state index < -0.39 is 0 Å². The lowest BCUT2D eigenvalue weighted by atomic mass is 9.85. The van der Waals surface area contributed by atoms with Gasteiger partial charge >= 0.3 is 0 Å². The quantitative estimate of drug-likeness (QED) is 0.787. The van der Waals surface area contributed by atoms with Gasteiger partial charge < -0.3 is 0 Å². The molecule has 0 amide bonds. The first kappa shape index (κ1) is 11.7. The standard InChI is InChI=1S/C16H20N2/c1-4-11(3)12-5-6-15-13(8-12)14-7-10(2)9-17-16(14)18-15/h5,7-9,14-16,18H,3-4,6H2,1-2H3. The lowest BCUT2D eigenvalue weighted by Gasteiger charge is -2.20. The Bertz CT molecular complexity index is 505. The third-order valence-electron chi connectivity index (χ3n) is 4.11. The molecule has 1 fully saturated rings. The monoisotopic (exact) mass is 240 g/mol. The molecule has 0 spiro atoms. The number of nitrogens with one attached hydrogen (secondary N) is 1. The van der Waals surface area contributed by atoms with Gasteiger partial charge in [0.15, 0.2) is 0 Å². The van der Waals surface area contributed by atoms with Crippen molar-refractivity contribution in [3.63, 3.8) is 0 Å². The summed E-state index contributed by atoms with van der Waals surface area (Å²) in [6, 6.07) is 0.465. The van der Waals surface area contributed by atoms with E-state index in [1.807, 2.05) is 6.21 Å². The molecule has 1 saturated heterocycles. The molecular weight excluding hydrogens is 220 g/mol. The van der Waals surface area contributed by atoms with Gasteiger partial charge in [0.1, 0.15) is 6.17 Å². The van der Waals surface area contributed by atoms with Crippen molar-refractivity contribution >= 4 is 6.21 Å². The van der Waals surface area contributed by atoms with Gasteiger partial charge in [0, 0.05) is 18.2 Å². The van der Waals surface area contributed by atoms with Crippen molar-refractivity contribution in [1.29, 1.82) is 0 Å². The van der Waals surface area contributed by atoms with E-state index >= 15 is 0 Å². The number of hydrogen-bond donors (Lipinski definition) is 1. The smallest absolute Gasteiger partial charge is 0.110 e. The van der Waals surface area contributed by atoms with Gasteiger partial charge in [0.05, 0.1) is 0 Å². The highest BCUT2D eigenvalue weighted by atomic mass is 15.1. The summed E-state index contributed by atoms with van der Waals surface area (Å²) >= 11 is 0. The molecule has 94 valence electrons. The second-order valence-corrected chi connectivity index (χ2v) is 5.38. The van der Waals surface area contributed by atoms with Gasteiger partial charge in [-0.05, 0) is 42.1 Å². The zero-order valence-corrected chi connectivity index (χ0v) is 11.1. The molecule has 2 nitrogen and oxygen atoms in total. The average molecular weight is 240 g/mol. The van der Waals surface area contributed by atoms with Crippen LogP contribution in [0.25, 0.3) is 0 Å². The van der Waals surface area contributed by atoms with Crippen LogP contribution in [0.4, 0.5) is 0 Å². The van der Waals surface area contributed by atoms with Crippen LogP contribution >= 0.6 is 0 Å². The Balaban J connectivity index is 1.93. The summed E-state index contributed by atoms with van der Waals surface area (Å²) in [5, 5.41) is 3.61. The van der Waals surface area contributed by atoms with Crippen molar-refractivity contribution in [2.24, 2.45) is 10.9 Å². The maximum atomic E-state index is 4.60. The number of hydrogen-bond acceptors (Lipinski definition) is 2. The summed E-state index contributed by atoms with van der Waals surface area (Å²) in [4.78, 5) is 4.60. The second-order valence-electron chi connectivity index (χ2n) is 5.38. The third-order valence-corrected chi connectivity index (χ3v) is 4.11. The first-order valence-electron chi connectivity index (χ1n) is 6.76. The SMILES string of the molecule is C=C(CC)C1=CCC2NC3N=CC(C)=CC3C2=C1. The van der Waals surface area contributed by atoms with Crippen molar-refractivity contribution in [3.8, 4) is 0 Å². The predicted octanol–water partition coefficient (Wildman–Crippen LogP) is 3.15. The first-order valence-corrected chi connectivity index (χ1v) is 6.76. The Labute approximate surface area is 109 Å². The molecule has 3 rings (SSSR count). The number of aliphatic imine (C=N–C) groups is 1. The van der Waals surface area contributed by atoms with Crippen molar-refractivity contribution in [1.82, 2.24) is 5.32 Å². The molecule has 0 aromatic heterocycles. The van der Waals surface area contributed by atoms with Crippen LogP contribution < -0.4 is 5.32 Å². The predicted molar refractivity (Wildman–Crippen MR) is 76.7 cm³/mol. The number of fused-ring (bicyclic) bond motifs is 3. The van der Waals surface area contributed by atoms with Crippen LogP contribution in [-0.4, -0.2) is 18.4 Å². The van der Waals surface area contributed by atoms with E-state index in [4.69, 9.17) is 0 Å². The maximum Gasteiger partial charge on any atom is 0.110 e. The van der Waals surface area contributed by atoms with Gasteiger partial charge in [-0.25, -0.2) is 0 Å². The molecule has 2 heterocycles.